The van der Waals surface area contributed by atoms with Gasteiger partial charge >= 0.3 is 0 Å². The lowest BCUT2D eigenvalue weighted by atomic mass is 10.1. The lowest BCUT2D eigenvalue weighted by Gasteiger charge is -2.26. The molecular formula is C8H17N3O. The van der Waals surface area contributed by atoms with Crippen LogP contribution >= 0.6 is 0 Å². The van der Waals surface area contributed by atoms with E-state index in [9.17, 15) is 5.11 Å². The summed E-state index contributed by atoms with van der Waals surface area (Å²) in [6, 6.07) is 1.96. The smallest absolute Gasteiger partial charge is 0.0869 e. The SMILES string of the molecule is CN(C)CC(C)(O)CNCC#N. The second kappa shape index (κ2) is 5.09. The quantitative estimate of drug-likeness (QED) is 0.429. The Hall–Kier alpha value is -0.630. The van der Waals surface area contributed by atoms with Crippen molar-refractivity contribution in [2.45, 2.75) is 12.5 Å². The minimum Gasteiger partial charge on any atom is -0.388 e. The molecular weight excluding hydrogens is 154 g/mol. The maximum absolute atomic E-state index is 9.70. The molecule has 0 saturated carbocycles. The van der Waals surface area contributed by atoms with Gasteiger partial charge in [0.2, 0.25) is 0 Å². The van der Waals surface area contributed by atoms with E-state index in [0.29, 0.717) is 13.1 Å². The monoisotopic (exact) mass is 171 g/mol. The summed E-state index contributed by atoms with van der Waals surface area (Å²) in [7, 11) is 3.80. The van der Waals surface area contributed by atoms with Gasteiger partial charge in [-0.15, -0.1) is 0 Å². The summed E-state index contributed by atoms with van der Waals surface area (Å²) >= 11 is 0. The van der Waals surface area contributed by atoms with Crippen LogP contribution in [0.4, 0.5) is 0 Å². The van der Waals surface area contributed by atoms with Crippen LogP contribution in [-0.4, -0.2) is 49.3 Å². The average Bonchev–Trinajstić information content (AvgIpc) is 1.84. The molecule has 0 aliphatic rings. The number of nitriles is 1. The van der Waals surface area contributed by atoms with Gasteiger partial charge in [0.1, 0.15) is 0 Å². The summed E-state index contributed by atoms with van der Waals surface area (Å²) in [5.41, 5.74) is -0.764. The third-order valence-corrected chi connectivity index (χ3v) is 1.37. The van der Waals surface area contributed by atoms with E-state index in [0.717, 1.165) is 0 Å². The van der Waals surface area contributed by atoms with Gasteiger partial charge in [-0.3, -0.25) is 0 Å². The molecule has 1 unspecified atom stereocenters. The summed E-state index contributed by atoms with van der Waals surface area (Å²) in [5.74, 6) is 0. The number of rotatable bonds is 5. The fourth-order valence-electron chi connectivity index (χ4n) is 1.12. The molecule has 0 radical (unpaired) electrons. The Morgan fingerprint density at radius 1 is 1.58 bits per heavy atom. The van der Waals surface area contributed by atoms with E-state index in [-0.39, 0.29) is 6.54 Å². The van der Waals surface area contributed by atoms with E-state index in [1.54, 1.807) is 6.92 Å². The molecule has 0 heterocycles. The molecule has 0 spiro atoms. The molecule has 0 bridgehead atoms. The van der Waals surface area contributed by atoms with E-state index in [1.165, 1.54) is 0 Å². The van der Waals surface area contributed by atoms with Crippen LogP contribution in [0.1, 0.15) is 6.92 Å². The zero-order valence-corrected chi connectivity index (χ0v) is 7.96. The molecule has 4 heteroatoms. The molecule has 1 atom stereocenters. The van der Waals surface area contributed by atoms with E-state index in [4.69, 9.17) is 5.26 Å². The largest absolute Gasteiger partial charge is 0.388 e. The molecule has 2 N–H and O–H groups in total. The number of hydrogen-bond donors (Lipinski definition) is 2. The van der Waals surface area contributed by atoms with Gasteiger partial charge in [-0.2, -0.15) is 5.26 Å². The van der Waals surface area contributed by atoms with Crippen molar-refractivity contribution in [3.63, 3.8) is 0 Å². The Bertz CT molecular complexity index is 160. The fourth-order valence-corrected chi connectivity index (χ4v) is 1.12. The fraction of sp³-hybridized carbons (Fsp3) is 0.875. The Morgan fingerprint density at radius 2 is 2.17 bits per heavy atom. The Labute approximate surface area is 73.8 Å². The zero-order chi connectivity index (χ0) is 9.61. The summed E-state index contributed by atoms with van der Waals surface area (Å²) in [5, 5.41) is 20.8. The van der Waals surface area contributed by atoms with Gasteiger partial charge in [0, 0.05) is 13.1 Å². The molecule has 0 rings (SSSR count). The van der Waals surface area contributed by atoms with Crippen molar-refractivity contribution in [1.29, 1.82) is 5.26 Å². The van der Waals surface area contributed by atoms with Crippen LogP contribution in [0.25, 0.3) is 0 Å². The molecule has 0 fully saturated rings. The van der Waals surface area contributed by atoms with Crippen LogP contribution in [0.5, 0.6) is 0 Å². The summed E-state index contributed by atoms with van der Waals surface area (Å²) in [6.45, 7) is 3.06. The maximum atomic E-state index is 9.70. The van der Waals surface area contributed by atoms with E-state index < -0.39 is 5.60 Å². The lowest BCUT2D eigenvalue weighted by molar-refractivity contribution is 0.0348. The molecule has 70 valence electrons. The van der Waals surface area contributed by atoms with E-state index in [2.05, 4.69) is 5.32 Å². The second-order valence-electron chi connectivity index (χ2n) is 3.50. The van der Waals surface area contributed by atoms with Gasteiger partial charge in [-0.1, -0.05) is 0 Å². The van der Waals surface area contributed by atoms with Gasteiger partial charge in [0.25, 0.3) is 0 Å². The van der Waals surface area contributed by atoms with Crippen molar-refractivity contribution in [3.05, 3.63) is 0 Å². The third-order valence-electron chi connectivity index (χ3n) is 1.37. The minimum absolute atomic E-state index is 0.281. The van der Waals surface area contributed by atoms with Gasteiger partial charge in [-0.25, -0.2) is 0 Å². The molecule has 0 aromatic rings. The van der Waals surface area contributed by atoms with Crippen molar-refractivity contribution in [1.82, 2.24) is 10.2 Å². The van der Waals surface area contributed by atoms with Gasteiger partial charge in [-0.05, 0) is 21.0 Å². The summed E-state index contributed by atoms with van der Waals surface area (Å²) < 4.78 is 0. The molecule has 0 aromatic carbocycles. The lowest BCUT2D eigenvalue weighted by Crippen LogP contribution is -2.45. The van der Waals surface area contributed by atoms with Crippen molar-refractivity contribution < 1.29 is 5.11 Å². The summed E-state index contributed by atoms with van der Waals surface area (Å²) in [6.07, 6.45) is 0. The minimum atomic E-state index is -0.764. The van der Waals surface area contributed by atoms with Crippen LogP contribution in [0, 0.1) is 11.3 Å². The third kappa shape index (κ3) is 6.10. The normalized spacial score (nSPS) is 15.7. The molecule has 0 aliphatic heterocycles. The Balaban J connectivity index is 3.65. The standard InChI is InChI=1S/C8H17N3O/c1-8(12,7-11(2)3)6-10-5-4-9/h10,12H,5-7H2,1-3H3. The topological polar surface area (TPSA) is 59.3 Å². The average molecular weight is 171 g/mol. The van der Waals surface area contributed by atoms with Crippen LogP contribution in [0.2, 0.25) is 0 Å². The second-order valence-corrected chi connectivity index (χ2v) is 3.50. The number of hydrogen-bond acceptors (Lipinski definition) is 4. The highest BCUT2D eigenvalue weighted by Gasteiger charge is 2.20. The Kier molecular flexibility index (Phi) is 4.83. The zero-order valence-electron chi connectivity index (χ0n) is 7.96. The molecule has 0 amide bonds. The van der Waals surface area contributed by atoms with Crippen molar-refractivity contribution in [3.8, 4) is 6.07 Å². The molecule has 0 aliphatic carbocycles. The maximum Gasteiger partial charge on any atom is 0.0869 e. The van der Waals surface area contributed by atoms with Gasteiger partial charge < -0.3 is 15.3 Å². The Morgan fingerprint density at radius 3 is 2.58 bits per heavy atom. The van der Waals surface area contributed by atoms with Crippen molar-refractivity contribution >= 4 is 0 Å². The first kappa shape index (κ1) is 11.4. The number of nitrogens with one attached hydrogen (secondary N) is 1. The first-order valence-corrected chi connectivity index (χ1v) is 3.93. The first-order valence-electron chi connectivity index (χ1n) is 3.93. The van der Waals surface area contributed by atoms with Crippen LogP contribution in [-0.2, 0) is 0 Å². The highest BCUT2D eigenvalue weighted by molar-refractivity contribution is 4.81. The summed E-state index contributed by atoms with van der Waals surface area (Å²) in [4.78, 5) is 1.91. The van der Waals surface area contributed by atoms with Crippen LogP contribution < -0.4 is 5.32 Å². The van der Waals surface area contributed by atoms with Gasteiger partial charge in [0.05, 0.1) is 18.2 Å². The van der Waals surface area contributed by atoms with Crippen LogP contribution in [0.3, 0.4) is 0 Å². The molecule has 12 heavy (non-hydrogen) atoms. The van der Waals surface area contributed by atoms with Crippen molar-refractivity contribution in [2.24, 2.45) is 0 Å². The first-order chi connectivity index (χ1) is 5.48. The number of likely N-dealkylation sites (N-methyl/N-ethyl adjacent to an activating group) is 1. The molecule has 0 aromatic heterocycles. The number of aliphatic hydroxyl groups is 1. The highest BCUT2D eigenvalue weighted by Crippen LogP contribution is 2.01. The van der Waals surface area contributed by atoms with Crippen LogP contribution in [0.15, 0.2) is 0 Å². The predicted octanol–water partition coefficient (Wildman–Crippen LogP) is -0.588. The highest BCUT2D eigenvalue weighted by atomic mass is 16.3. The van der Waals surface area contributed by atoms with Gasteiger partial charge in [0.15, 0.2) is 0 Å². The van der Waals surface area contributed by atoms with Crippen molar-refractivity contribution in [2.75, 3.05) is 33.7 Å². The molecule has 0 saturated heterocycles. The van der Waals surface area contributed by atoms with E-state index >= 15 is 0 Å². The predicted molar refractivity (Wildman–Crippen MR) is 47.7 cm³/mol. The van der Waals surface area contributed by atoms with E-state index in [1.807, 2.05) is 25.1 Å². The number of nitrogens with zero attached hydrogens (tertiary/aromatic N) is 2. The molecule has 4 nitrogen and oxygen atoms in total.